The maximum absolute atomic E-state index is 15.1. The molecule has 196 valence electrons. The summed E-state index contributed by atoms with van der Waals surface area (Å²) in [5.74, 6) is 1.68. The summed E-state index contributed by atoms with van der Waals surface area (Å²) in [5.41, 5.74) is 0.00107. The van der Waals surface area contributed by atoms with Gasteiger partial charge in [-0.3, -0.25) is 9.59 Å². The highest BCUT2D eigenvalue weighted by Gasteiger charge is 2.49. The van der Waals surface area contributed by atoms with Crippen LogP contribution in [0.25, 0.3) is 22.1 Å². The SMILES string of the molecule is C#CC1(CC(=O)C2(NC(=O)c3cc4c(F)cc(-c5ccc(C6(O)COC6)cc5)cc4o3)CCCCC2)CC1. The van der Waals surface area contributed by atoms with Gasteiger partial charge in [0.25, 0.3) is 5.91 Å². The van der Waals surface area contributed by atoms with E-state index in [1.807, 2.05) is 12.1 Å². The Kier molecular flexibility index (Phi) is 5.93. The first kappa shape index (κ1) is 24.8. The van der Waals surface area contributed by atoms with Crippen molar-refractivity contribution in [2.75, 3.05) is 13.2 Å². The molecule has 1 aliphatic heterocycles. The Labute approximate surface area is 220 Å². The fourth-order valence-electron chi connectivity index (χ4n) is 5.72. The average Bonchev–Trinajstić information content (AvgIpc) is 3.54. The van der Waals surface area contributed by atoms with Crippen LogP contribution < -0.4 is 5.32 Å². The zero-order chi connectivity index (χ0) is 26.5. The highest BCUT2D eigenvalue weighted by Crippen LogP contribution is 2.49. The predicted molar refractivity (Wildman–Crippen MR) is 140 cm³/mol. The molecule has 38 heavy (non-hydrogen) atoms. The van der Waals surface area contributed by atoms with E-state index in [1.54, 1.807) is 18.2 Å². The first-order valence-corrected chi connectivity index (χ1v) is 13.2. The molecule has 1 aromatic heterocycles. The molecular formula is C31H30FNO5. The highest BCUT2D eigenvalue weighted by atomic mass is 19.1. The molecule has 7 heteroatoms. The molecule has 6 nitrogen and oxygen atoms in total. The largest absolute Gasteiger partial charge is 0.451 e. The van der Waals surface area contributed by atoms with Crippen LogP contribution in [0.2, 0.25) is 0 Å². The number of fused-ring (bicyclic) bond motifs is 1. The summed E-state index contributed by atoms with van der Waals surface area (Å²) in [5, 5.41) is 13.6. The minimum absolute atomic E-state index is 0.0212. The second-order valence-electron chi connectivity index (χ2n) is 11.2. The van der Waals surface area contributed by atoms with Gasteiger partial charge in [-0.15, -0.1) is 6.42 Å². The van der Waals surface area contributed by atoms with E-state index in [1.165, 1.54) is 12.1 Å². The minimum Gasteiger partial charge on any atom is -0.451 e. The van der Waals surface area contributed by atoms with Gasteiger partial charge in [0.05, 0.1) is 24.1 Å². The zero-order valence-electron chi connectivity index (χ0n) is 21.1. The summed E-state index contributed by atoms with van der Waals surface area (Å²) in [6.45, 7) is 0.504. The van der Waals surface area contributed by atoms with Gasteiger partial charge in [-0.25, -0.2) is 4.39 Å². The molecule has 0 radical (unpaired) electrons. The molecule has 1 amide bonds. The number of Topliss-reactive ketones (excluding diaryl/α,β-unsaturated/α-hetero) is 1. The maximum Gasteiger partial charge on any atom is 0.287 e. The number of carbonyl (C=O) groups is 2. The van der Waals surface area contributed by atoms with Gasteiger partial charge in [0.15, 0.2) is 11.5 Å². The van der Waals surface area contributed by atoms with Crippen molar-refractivity contribution in [3.05, 3.63) is 59.6 Å². The monoisotopic (exact) mass is 515 g/mol. The van der Waals surface area contributed by atoms with E-state index in [0.717, 1.165) is 43.2 Å². The molecule has 6 rings (SSSR count). The highest BCUT2D eigenvalue weighted by molar-refractivity contribution is 6.01. The van der Waals surface area contributed by atoms with E-state index in [9.17, 15) is 14.7 Å². The van der Waals surface area contributed by atoms with Gasteiger partial charge >= 0.3 is 0 Å². The van der Waals surface area contributed by atoms with E-state index >= 15 is 4.39 Å². The lowest BCUT2D eigenvalue weighted by Gasteiger charge is -2.37. The Morgan fingerprint density at radius 3 is 2.32 bits per heavy atom. The van der Waals surface area contributed by atoms with Crippen molar-refractivity contribution in [3.8, 4) is 23.5 Å². The van der Waals surface area contributed by atoms with Crippen molar-refractivity contribution >= 4 is 22.7 Å². The van der Waals surface area contributed by atoms with Crippen LogP contribution in [0.5, 0.6) is 0 Å². The van der Waals surface area contributed by atoms with Gasteiger partial charge < -0.3 is 19.6 Å². The van der Waals surface area contributed by atoms with Crippen molar-refractivity contribution in [2.24, 2.45) is 5.41 Å². The fraction of sp³-hybridized carbons (Fsp3) is 0.419. The van der Waals surface area contributed by atoms with Crippen LogP contribution in [0.3, 0.4) is 0 Å². The van der Waals surface area contributed by atoms with Crippen molar-refractivity contribution in [2.45, 2.75) is 62.5 Å². The molecule has 2 saturated carbocycles. The van der Waals surface area contributed by atoms with Crippen LogP contribution in [-0.4, -0.2) is 35.5 Å². The lowest BCUT2D eigenvalue weighted by atomic mass is 9.75. The van der Waals surface area contributed by atoms with Crippen molar-refractivity contribution in [1.29, 1.82) is 0 Å². The number of halogens is 1. The Balaban J connectivity index is 1.25. The predicted octanol–water partition coefficient (Wildman–Crippen LogP) is 5.26. The number of carbonyl (C=O) groups excluding carboxylic acids is 2. The van der Waals surface area contributed by atoms with Crippen molar-refractivity contribution in [3.63, 3.8) is 0 Å². The molecule has 0 spiro atoms. The van der Waals surface area contributed by atoms with Crippen LogP contribution in [0, 0.1) is 23.6 Å². The van der Waals surface area contributed by atoms with Gasteiger partial charge in [-0.2, -0.15) is 0 Å². The minimum atomic E-state index is -0.978. The van der Waals surface area contributed by atoms with E-state index in [-0.39, 0.29) is 47.6 Å². The number of ether oxygens (including phenoxy) is 1. The standard InChI is InChI=1S/C31H30FNO5/c1-2-29(12-13-29)17-27(34)30(10-4-3-5-11-30)33-28(35)26-16-23-24(32)14-21(15-25(23)38-26)20-6-8-22(9-7-20)31(36)18-37-19-31/h1,6-9,14-16,36H,3-5,10-13,17-19H2,(H,33,35). The van der Waals surface area contributed by atoms with Crippen LogP contribution in [0.4, 0.5) is 4.39 Å². The molecule has 0 bridgehead atoms. The van der Waals surface area contributed by atoms with Crippen molar-refractivity contribution in [1.82, 2.24) is 5.32 Å². The van der Waals surface area contributed by atoms with Crippen LogP contribution in [0.1, 0.15) is 67.5 Å². The first-order valence-electron chi connectivity index (χ1n) is 13.2. The van der Waals surface area contributed by atoms with E-state index in [2.05, 4.69) is 11.2 Å². The average molecular weight is 516 g/mol. The molecule has 1 saturated heterocycles. The summed E-state index contributed by atoms with van der Waals surface area (Å²) < 4.78 is 26.1. The normalized spacial score (nSPS) is 20.8. The molecule has 3 aliphatic rings. The second-order valence-corrected chi connectivity index (χ2v) is 11.2. The lowest BCUT2D eigenvalue weighted by molar-refractivity contribution is -0.184. The smallest absolute Gasteiger partial charge is 0.287 e. The number of ketones is 1. The molecule has 2 N–H and O–H groups in total. The Hall–Kier alpha value is -3.47. The molecule has 3 aromatic rings. The topological polar surface area (TPSA) is 88.8 Å². The number of hydrogen-bond acceptors (Lipinski definition) is 5. The van der Waals surface area contributed by atoms with Gasteiger partial charge in [0.1, 0.15) is 17.0 Å². The summed E-state index contributed by atoms with van der Waals surface area (Å²) >= 11 is 0. The quantitative estimate of drug-likeness (QED) is 0.419. The lowest BCUT2D eigenvalue weighted by Crippen LogP contribution is -2.56. The van der Waals surface area contributed by atoms with Crippen LogP contribution in [0.15, 0.2) is 46.9 Å². The third-order valence-corrected chi connectivity index (χ3v) is 8.50. The molecular weight excluding hydrogens is 485 g/mol. The number of furan rings is 1. The number of aliphatic hydroxyl groups is 1. The maximum atomic E-state index is 15.1. The Morgan fingerprint density at radius 1 is 1.00 bits per heavy atom. The van der Waals surface area contributed by atoms with Crippen LogP contribution in [-0.2, 0) is 15.1 Å². The van der Waals surface area contributed by atoms with E-state index in [4.69, 9.17) is 15.6 Å². The van der Waals surface area contributed by atoms with Gasteiger partial charge in [-0.05, 0) is 54.5 Å². The van der Waals surface area contributed by atoms with Crippen molar-refractivity contribution < 1.29 is 28.2 Å². The first-order chi connectivity index (χ1) is 18.2. The Bertz CT molecular complexity index is 1450. The molecule has 0 unspecified atom stereocenters. The van der Waals surface area contributed by atoms with Crippen LogP contribution >= 0.6 is 0 Å². The molecule has 3 fully saturated rings. The number of terminal acetylenes is 1. The molecule has 2 aliphatic carbocycles. The molecule has 2 aromatic carbocycles. The Morgan fingerprint density at radius 2 is 1.71 bits per heavy atom. The molecule has 2 heterocycles. The zero-order valence-corrected chi connectivity index (χ0v) is 21.1. The van der Waals surface area contributed by atoms with Gasteiger partial charge in [0, 0.05) is 17.9 Å². The summed E-state index contributed by atoms with van der Waals surface area (Å²) in [7, 11) is 0. The summed E-state index contributed by atoms with van der Waals surface area (Å²) in [6, 6.07) is 11.7. The number of hydrogen-bond donors (Lipinski definition) is 2. The number of amides is 1. The van der Waals surface area contributed by atoms with E-state index < -0.39 is 22.9 Å². The summed E-state index contributed by atoms with van der Waals surface area (Å²) in [6.07, 6.45) is 11.4. The third kappa shape index (κ3) is 4.32. The second kappa shape index (κ2) is 9.07. The number of nitrogens with one attached hydrogen (secondary N) is 1. The van der Waals surface area contributed by atoms with E-state index in [0.29, 0.717) is 18.4 Å². The fourth-order valence-corrected chi connectivity index (χ4v) is 5.72. The number of rotatable bonds is 7. The molecule has 0 atom stereocenters. The third-order valence-electron chi connectivity index (χ3n) is 8.50. The van der Waals surface area contributed by atoms with Gasteiger partial charge in [0.2, 0.25) is 0 Å². The van der Waals surface area contributed by atoms with Gasteiger partial charge in [-0.1, -0.05) is 49.4 Å². The number of benzene rings is 2. The summed E-state index contributed by atoms with van der Waals surface area (Å²) in [4.78, 5) is 26.7.